The first kappa shape index (κ1) is 18.2. The number of aromatic amines is 1. The van der Waals surface area contributed by atoms with E-state index in [0.717, 1.165) is 16.7 Å². The van der Waals surface area contributed by atoms with E-state index >= 15 is 0 Å². The van der Waals surface area contributed by atoms with E-state index in [1.54, 1.807) is 0 Å². The molecule has 0 amide bonds. The lowest BCUT2D eigenvalue weighted by atomic mass is 9.81. The van der Waals surface area contributed by atoms with Gasteiger partial charge in [-0.2, -0.15) is 0 Å². The molecule has 2 heterocycles. The van der Waals surface area contributed by atoms with Gasteiger partial charge in [0.2, 0.25) is 5.89 Å². The Morgan fingerprint density at radius 3 is 2.35 bits per heavy atom. The van der Waals surface area contributed by atoms with Gasteiger partial charge in [-0.1, -0.05) is 62.4 Å². The van der Waals surface area contributed by atoms with E-state index < -0.39 is 0 Å². The second-order valence-corrected chi connectivity index (χ2v) is 8.79. The quantitative estimate of drug-likeness (QED) is 0.379. The zero-order chi connectivity index (χ0) is 21.3. The molecule has 0 atom stereocenters. The van der Waals surface area contributed by atoms with Crippen LogP contribution in [0, 0.1) is 0 Å². The minimum atomic E-state index is -0.199. The summed E-state index contributed by atoms with van der Waals surface area (Å²) in [6.07, 6.45) is 4.34. The van der Waals surface area contributed by atoms with Gasteiger partial charge in [0.1, 0.15) is 5.52 Å². The second kappa shape index (κ2) is 6.21. The highest BCUT2D eigenvalue weighted by molar-refractivity contribution is 6.01. The molecule has 1 N–H and O–H groups in total. The predicted octanol–water partition coefficient (Wildman–Crippen LogP) is 5.88. The van der Waals surface area contributed by atoms with Crippen molar-refractivity contribution in [1.82, 2.24) is 9.97 Å². The van der Waals surface area contributed by atoms with E-state index in [9.17, 15) is 0 Å². The SMILES string of the molecule is C/C=c1\c(=C/C)[nH]c2c3c(ccc12)-c1ccc2oc(-c4ccccc4)nc2c1C3(C)C. The minimum Gasteiger partial charge on any atom is -0.436 e. The molecule has 6 rings (SSSR count). The number of hydrogen-bond donors (Lipinski definition) is 1. The fourth-order valence-corrected chi connectivity index (χ4v) is 5.40. The van der Waals surface area contributed by atoms with Gasteiger partial charge in [-0.05, 0) is 54.3 Å². The third-order valence-electron chi connectivity index (χ3n) is 6.74. The molecule has 5 aromatic rings. The van der Waals surface area contributed by atoms with Crippen molar-refractivity contribution in [2.24, 2.45) is 0 Å². The summed E-state index contributed by atoms with van der Waals surface area (Å²) in [5, 5.41) is 3.72. The summed E-state index contributed by atoms with van der Waals surface area (Å²) in [6, 6.07) is 18.9. The molecule has 0 fully saturated rings. The third kappa shape index (κ3) is 2.32. The molecule has 2 aromatic heterocycles. The van der Waals surface area contributed by atoms with Gasteiger partial charge in [0.05, 0.1) is 5.52 Å². The van der Waals surface area contributed by atoms with E-state index in [1.807, 2.05) is 30.3 Å². The number of rotatable bonds is 1. The molecule has 1 aliphatic carbocycles. The van der Waals surface area contributed by atoms with Crippen LogP contribution in [0.3, 0.4) is 0 Å². The van der Waals surface area contributed by atoms with Gasteiger partial charge in [0.25, 0.3) is 0 Å². The summed E-state index contributed by atoms with van der Waals surface area (Å²) in [4.78, 5) is 8.68. The summed E-state index contributed by atoms with van der Waals surface area (Å²) in [5.74, 6) is 0.673. The highest BCUT2D eigenvalue weighted by Gasteiger charge is 2.40. The van der Waals surface area contributed by atoms with Crippen LogP contribution >= 0.6 is 0 Å². The smallest absolute Gasteiger partial charge is 0.227 e. The maximum atomic E-state index is 6.19. The first-order chi connectivity index (χ1) is 15.0. The molecule has 0 spiro atoms. The normalized spacial score (nSPS) is 15.7. The minimum absolute atomic E-state index is 0.199. The standard InChI is InChI=1S/C28H24N2O/c1-5-17-20-13-12-18-19-14-15-22-26(30-27(31-22)16-10-8-7-9-11-16)24(19)28(3,4)23(18)25(20)29-21(17)6-2/h5-15,29H,1-4H3/b17-5-,21-6+. The summed E-state index contributed by atoms with van der Waals surface area (Å²) >= 11 is 0. The summed E-state index contributed by atoms with van der Waals surface area (Å²) in [6.45, 7) is 8.80. The maximum Gasteiger partial charge on any atom is 0.227 e. The molecule has 0 aliphatic heterocycles. The number of nitrogens with one attached hydrogen (secondary N) is 1. The molecule has 31 heavy (non-hydrogen) atoms. The van der Waals surface area contributed by atoms with E-state index in [4.69, 9.17) is 9.40 Å². The van der Waals surface area contributed by atoms with Crippen LogP contribution in [0.25, 0.3) is 56.7 Å². The van der Waals surface area contributed by atoms with Crippen LogP contribution in [0.1, 0.15) is 38.8 Å². The van der Waals surface area contributed by atoms with Crippen molar-refractivity contribution in [3.63, 3.8) is 0 Å². The molecular weight excluding hydrogens is 380 g/mol. The number of fused-ring (bicyclic) bond motifs is 7. The Bertz CT molecular complexity index is 1620. The molecule has 3 heteroatoms. The Morgan fingerprint density at radius 1 is 0.871 bits per heavy atom. The summed E-state index contributed by atoms with van der Waals surface area (Å²) < 4.78 is 6.19. The lowest BCUT2D eigenvalue weighted by molar-refractivity contribution is 0.619. The fourth-order valence-electron chi connectivity index (χ4n) is 5.40. The molecule has 0 radical (unpaired) electrons. The largest absolute Gasteiger partial charge is 0.436 e. The van der Waals surface area contributed by atoms with Crippen molar-refractivity contribution in [2.75, 3.05) is 0 Å². The average molecular weight is 405 g/mol. The number of benzene rings is 3. The predicted molar refractivity (Wildman–Crippen MR) is 128 cm³/mol. The van der Waals surface area contributed by atoms with Gasteiger partial charge in [-0.3, -0.25) is 0 Å². The van der Waals surface area contributed by atoms with Crippen molar-refractivity contribution in [2.45, 2.75) is 33.1 Å². The zero-order valence-corrected chi connectivity index (χ0v) is 18.2. The number of H-pyrrole nitrogens is 1. The van der Waals surface area contributed by atoms with E-state index in [2.05, 4.69) is 69.1 Å². The number of aromatic nitrogens is 2. The second-order valence-electron chi connectivity index (χ2n) is 8.79. The molecule has 3 nitrogen and oxygen atoms in total. The first-order valence-corrected chi connectivity index (χ1v) is 10.8. The van der Waals surface area contributed by atoms with Gasteiger partial charge >= 0.3 is 0 Å². The fraction of sp³-hybridized carbons (Fsp3) is 0.179. The molecule has 0 saturated carbocycles. The Balaban J connectivity index is 1.68. The van der Waals surface area contributed by atoms with Crippen LogP contribution < -0.4 is 10.6 Å². The van der Waals surface area contributed by atoms with Gasteiger partial charge in [-0.15, -0.1) is 0 Å². The summed E-state index contributed by atoms with van der Waals surface area (Å²) in [7, 11) is 0. The highest BCUT2D eigenvalue weighted by atomic mass is 16.3. The molecule has 3 aromatic carbocycles. The van der Waals surface area contributed by atoms with Gasteiger partial charge in [-0.25, -0.2) is 4.98 Å². The average Bonchev–Trinajstić information content (AvgIpc) is 3.44. The molecule has 0 bridgehead atoms. The Morgan fingerprint density at radius 2 is 1.61 bits per heavy atom. The van der Waals surface area contributed by atoms with Crippen LogP contribution in [-0.2, 0) is 5.41 Å². The Hall–Kier alpha value is -3.59. The molecule has 152 valence electrons. The van der Waals surface area contributed by atoms with Crippen LogP contribution in [0.15, 0.2) is 59.0 Å². The van der Waals surface area contributed by atoms with Crippen LogP contribution in [0.4, 0.5) is 0 Å². The van der Waals surface area contributed by atoms with Crippen molar-refractivity contribution in [1.29, 1.82) is 0 Å². The lowest BCUT2D eigenvalue weighted by Gasteiger charge is -2.22. The van der Waals surface area contributed by atoms with Gasteiger partial charge < -0.3 is 9.40 Å². The Labute approximate surface area is 180 Å². The molecular formula is C28H24N2O. The van der Waals surface area contributed by atoms with Gasteiger partial charge in [0.15, 0.2) is 5.58 Å². The summed E-state index contributed by atoms with van der Waals surface area (Å²) in [5.41, 5.74) is 8.94. The first-order valence-electron chi connectivity index (χ1n) is 10.8. The number of hydrogen-bond acceptors (Lipinski definition) is 2. The van der Waals surface area contributed by atoms with Crippen molar-refractivity contribution in [3.8, 4) is 22.6 Å². The van der Waals surface area contributed by atoms with Crippen LogP contribution in [0.2, 0.25) is 0 Å². The third-order valence-corrected chi connectivity index (χ3v) is 6.74. The van der Waals surface area contributed by atoms with Crippen molar-refractivity contribution in [3.05, 3.63) is 76.3 Å². The highest BCUT2D eigenvalue weighted by Crippen LogP contribution is 2.53. The topological polar surface area (TPSA) is 41.8 Å². The molecule has 0 unspecified atom stereocenters. The van der Waals surface area contributed by atoms with Gasteiger partial charge in [0, 0.05) is 26.9 Å². The van der Waals surface area contributed by atoms with Crippen molar-refractivity contribution >= 4 is 34.2 Å². The monoisotopic (exact) mass is 404 g/mol. The number of oxazole rings is 1. The van der Waals surface area contributed by atoms with Crippen molar-refractivity contribution < 1.29 is 4.42 Å². The maximum absolute atomic E-state index is 6.19. The van der Waals surface area contributed by atoms with E-state index in [0.29, 0.717) is 5.89 Å². The zero-order valence-electron chi connectivity index (χ0n) is 18.2. The van der Waals surface area contributed by atoms with Crippen LogP contribution in [-0.4, -0.2) is 9.97 Å². The molecule has 1 aliphatic rings. The van der Waals surface area contributed by atoms with E-state index in [1.165, 1.54) is 43.7 Å². The lowest BCUT2D eigenvalue weighted by Crippen LogP contribution is -2.21. The van der Waals surface area contributed by atoms with E-state index in [-0.39, 0.29) is 5.41 Å². The molecule has 0 saturated heterocycles. The van der Waals surface area contributed by atoms with Crippen LogP contribution in [0.5, 0.6) is 0 Å². The Kier molecular flexibility index (Phi) is 3.64. The number of nitrogens with zero attached hydrogens (tertiary/aromatic N) is 1.